The van der Waals surface area contributed by atoms with Crippen LogP contribution in [0.2, 0.25) is 49.8 Å². The summed E-state index contributed by atoms with van der Waals surface area (Å²) in [7, 11) is -2.50. The summed E-state index contributed by atoms with van der Waals surface area (Å²) >= 11 is 36.4. The molecule has 4 nitrogen and oxygen atoms in total. The average Bonchev–Trinajstić information content (AvgIpc) is 3.48. The maximum absolute atomic E-state index is 14.2. The van der Waals surface area contributed by atoms with Crippen LogP contribution in [-0.2, 0) is 28.5 Å². The number of halogens is 12. The van der Waals surface area contributed by atoms with Crippen LogP contribution in [0.5, 0.6) is 0 Å². The van der Waals surface area contributed by atoms with E-state index in [1.807, 2.05) is 0 Å². The van der Waals surface area contributed by atoms with Crippen molar-refractivity contribution >= 4 is 99.7 Å². The van der Waals surface area contributed by atoms with E-state index >= 15 is 0 Å². The van der Waals surface area contributed by atoms with Gasteiger partial charge in [0.1, 0.15) is 0 Å². The number of benzene rings is 2. The molecule has 252 valence electrons. The smallest absolute Gasteiger partial charge is 0.399 e. The van der Waals surface area contributed by atoms with E-state index < -0.39 is 38.3 Å². The zero-order valence-corrected chi connectivity index (χ0v) is 29.8. The molecule has 0 radical (unpaired) electrons. The Morgan fingerprint density at radius 1 is 0.696 bits per heavy atom. The monoisotopic (exact) mass is 786 g/mol. The Labute approximate surface area is 290 Å². The molecule has 2 atom stereocenters. The number of hydrogen-bond donors (Lipinski definition) is 3. The van der Waals surface area contributed by atoms with Crippen molar-refractivity contribution in [3.63, 3.8) is 0 Å². The van der Waals surface area contributed by atoms with Crippen LogP contribution in [0, 0.1) is 0 Å². The van der Waals surface area contributed by atoms with Crippen molar-refractivity contribution in [2.45, 2.75) is 81.7 Å². The number of alkyl halides is 6. The lowest BCUT2D eigenvalue weighted by molar-refractivity contribution is -0.272. The van der Waals surface area contributed by atoms with Crippen molar-refractivity contribution in [1.29, 1.82) is 0 Å². The minimum atomic E-state index is -4.77. The van der Waals surface area contributed by atoms with E-state index in [9.17, 15) is 31.4 Å². The highest BCUT2D eigenvalue weighted by atomic mass is 35.5. The molecule has 2 aromatic heterocycles. The van der Waals surface area contributed by atoms with E-state index in [0.29, 0.717) is 52.2 Å². The summed E-state index contributed by atoms with van der Waals surface area (Å²) < 4.78 is 88.0. The molecule has 2 aliphatic carbocycles. The molecule has 4 aromatic rings. The first-order valence-electron chi connectivity index (χ1n) is 14.0. The molecule has 6 rings (SSSR count). The first kappa shape index (κ1) is 36.3. The zero-order chi connectivity index (χ0) is 34.4. The lowest BCUT2D eigenvalue weighted by atomic mass is 9.82. The van der Waals surface area contributed by atoms with Crippen LogP contribution in [0.25, 0.3) is 21.8 Å². The van der Waals surface area contributed by atoms with Crippen molar-refractivity contribution in [1.82, 2.24) is 9.97 Å². The quantitative estimate of drug-likeness (QED) is 0.108. The number of hydrogen-bond acceptors (Lipinski definition) is 2. The normalized spacial score (nSPS) is 22.1. The first-order valence-corrected chi connectivity index (χ1v) is 19.6. The minimum absolute atomic E-state index is 0.0314. The molecular formula is C29H26Cl6F6N2O2Si. The summed E-state index contributed by atoms with van der Waals surface area (Å²) in [5.41, 5.74) is -3.85. The topological polar surface area (TPSA) is 61.0 Å². The summed E-state index contributed by atoms with van der Waals surface area (Å²) in [5.74, 6) is 0. The molecule has 17 heteroatoms. The first-order chi connectivity index (χ1) is 21.0. The average molecular weight is 789 g/mol. The van der Waals surface area contributed by atoms with E-state index in [2.05, 4.69) is 9.97 Å². The maximum atomic E-state index is 14.2. The summed E-state index contributed by atoms with van der Waals surface area (Å²) in [6, 6.07) is 2.93. The van der Waals surface area contributed by atoms with Gasteiger partial charge in [0.05, 0.1) is 41.5 Å². The Kier molecular flexibility index (Phi) is 9.53. The molecule has 46 heavy (non-hydrogen) atoms. The lowest BCUT2D eigenvalue weighted by Crippen LogP contribution is -2.52. The van der Waals surface area contributed by atoms with Crippen LogP contribution in [0.15, 0.2) is 12.1 Å². The number of rotatable bonds is 2. The third-order valence-electron chi connectivity index (χ3n) is 8.20. The van der Waals surface area contributed by atoms with E-state index in [-0.39, 0.29) is 54.4 Å². The van der Waals surface area contributed by atoms with Gasteiger partial charge in [-0.1, -0.05) is 69.6 Å². The fourth-order valence-corrected chi connectivity index (χ4v) is 9.18. The van der Waals surface area contributed by atoms with Gasteiger partial charge in [0.15, 0.2) is 13.9 Å². The second kappa shape index (κ2) is 12.1. The predicted molar refractivity (Wildman–Crippen MR) is 175 cm³/mol. The van der Waals surface area contributed by atoms with Gasteiger partial charge in [-0.25, -0.2) is 0 Å². The molecule has 2 aromatic carbocycles. The summed E-state index contributed by atoms with van der Waals surface area (Å²) in [6.07, 6.45) is -8.44. The molecule has 2 unspecified atom stereocenters. The Morgan fingerprint density at radius 2 is 1.13 bits per heavy atom. The summed E-state index contributed by atoms with van der Waals surface area (Å²) in [6.45, 7) is 5.24. The number of H-pyrrole nitrogens is 2. The third kappa shape index (κ3) is 5.93. The number of aromatic nitrogens is 2. The van der Waals surface area contributed by atoms with Gasteiger partial charge in [0.25, 0.3) is 0 Å². The highest BCUT2D eigenvalue weighted by Crippen LogP contribution is 2.54. The molecular weight excluding hydrogens is 763 g/mol. The van der Waals surface area contributed by atoms with Crippen LogP contribution in [0.1, 0.15) is 48.2 Å². The molecule has 0 bridgehead atoms. The van der Waals surface area contributed by atoms with Crippen LogP contribution >= 0.6 is 69.6 Å². The molecule has 0 spiro atoms. The highest BCUT2D eigenvalue weighted by molar-refractivity contribution is 6.69. The van der Waals surface area contributed by atoms with Crippen LogP contribution < -0.4 is 0 Å². The zero-order valence-electron chi connectivity index (χ0n) is 24.3. The molecule has 0 amide bonds. The molecule has 2 heterocycles. The minimum Gasteiger partial charge on any atom is -0.399 e. The molecule has 2 aliphatic rings. The van der Waals surface area contributed by atoms with Gasteiger partial charge < -0.3 is 19.5 Å². The predicted octanol–water partition coefficient (Wildman–Crippen LogP) is 12.3. The van der Waals surface area contributed by atoms with Gasteiger partial charge in [-0.05, 0) is 81.4 Å². The van der Waals surface area contributed by atoms with Crippen LogP contribution in [0.4, 0.5) is 26.3 Å². The van der Waals surface area contributed by atoms with Crippen molar-refractivity contribution in [2.75, 3.05) is 0 Å². The molecule has 0 aliphatic heterocycles. The Hall–Kier alpha value is -1.02. The number of aromatic amines is 2. The summed E-state index contributed by atoms with van der Waals surface area (Å²) in [4.78, 5) is 5.52. The van der Waals surface area contributed by atoms with E-state index in [1.54, 1.807) is 19.6 Å². The van der Waals surface area contributed by atoms with Gasteiger partial charge in [-0.3, -0.25) is 0 Å². The SMILES string of the molecule is C[Si](C)(C)OC1(C(F)(F)F)CCCc2c1[nH]c1cc(Cl)c(Cl)c(Cl)c21.OC1(C(F)(F)F)CCCc2c1[nH]c1cc(Cl)c(Cl)c(Cl)c21. The van der Waals surface area contributed by atoms with Gasteiger partial charge in [0, 0.05) is 21.8 Å². The number of aliphatic hydroxyl groups is 1. The Morgan fingerprint density at radius 3 is 1.57 bits per heavy atom. The molecule has 0 fully saturated rings. The maximum Gasteiger partial charge on any atom is 0.422 e. The molecule has 0 saturated carbocycles. The third-order valence-corrected chi connectivity index (χ3v) is 11.7. The molecule has 0 saturated heterocycles. The largest absolute Gasteiger partial charge is 0.422 e. The van der Waals surface area contributed by atoms with Crippen molar-refractivity contribution in [3.05, 3.63) is 64.8 Å². The number of aryl methyl sites for hydroxylation is 2. The Balaban J connectivity index is 0.000000184. The summed E-state index contributed by atoms with van der Waals surface area (Å²) in [5, 5.41) is 11.9. The number of fused-ring (bicyclic) bond motifs is 6. The highest BCUT2D eigenvalue weighted by Gasteiger charge is 2.61. The fraction of sp³-hybridized carbons (Fsp3) is 0.448. The standard InChI is InChI=1S/C16H17Cl3F3NOSi.C13H9Cl3F3NO/c1-25(2,3)24-15(16(20,21)22)6-4-5-8-11-10(23-14(8)15)7-9(17)12(18)13(11)19;14-6-4-7-8(10(16)9(6)15)5-2-1-3-12(21,11(5)20-7)13(17,18)19/h7,23H,4-6H2,1-3H3;4,20-21H,1-3H2. The van der Waals surface area contributed by atoms with Crippen molar-refractivity contribution < 1.29 is 35.9 Å². The van der Waals surface area contributed by atoms with Gasteiger partial charge in [-0.2, -0.15) is 26.3 Å². The van der Waals surface area contributed by atoms with Crippen LogP contribution in [0.3, 0.4) is 0 Å². The van der Waals surface area contributed by atoms with E-state index in [0.717, 1.165) is 0 Å². The second-order valence-electron chi connectivity index (χ2n) is 12.4. The van der Waals surface area contributed by atoms with E-state index in [1.165, 1.54) is 12.1 Å². The van der Waals surface area contributed by atoms with Crippen LogP contribution in [-0.4, -0.2) is 35.7 Å². The van der Waals surface area contributed by atoms with Crippen molar-refractivity contribution in [2.24, 2.45) is 0 Å². The fourth-order valence-electron chi connectivity index (χ4n) is 6.38. The van der Waals surface area contributed by atoms with Gasteiger partial charge >= 0.3 is 12.4 Å². The van der Waals surface area contributed by atoms with Crippen molar-refractivity contribution in [3.8, 4) is 0 Å². The Bertz CT molecular complexity index is 1850. The van der Waals surface area contributed by atoms with E-state index in [4.69, 9.17) is 74.0 Å². The lowest BCUT2D eigenvalue weighted by Gasteiger charge is -2.42. The molecule has 3 N–H and O–H groups in total. The number of nitrogens with one attached hydrogen (secondary N) is 2. The van der Waals surface area contributed by atoms with Gasteiger partial charge in [-0.15, -0.1) is 0 Å². The van der Waals surface area contributed by atoms with Gasteiger partial charge in [0.2, 0.25) is 5.60 Å². The second-order valence-corrected chi connectivity index (χ2v) is 19.1.